The molecule has 0 saturated carbocycles. The average molecular weight is 482 g/mol. The Hall–Kier alpha value is -3.59. The number of ketones is 1. The molecule has 7 nitrogen and oxygen atoms in total. The zero-order chi connectivity index (χ0) is 24.4. The lowest BCUT2D eigenvalue weighted by molar-refractivity contribution is 0.102. The number of carbonyl (C=O) groups excluding carboxylic acids is 1. The van der Waals surface area contributed by atoms with E-state index in [2.05, 4.69) is 10.2 Å². The van der Waals surface area contributed by atoms with Crippen LogP contribution in [0.3, 0.4) is 0 Å². The molecule has 0 saturated heterocycles. The second kappa shape index (κ2) is 9.72. The van der Waals surface area contributed by atoms with Crippen molar-refractivity contribution < 1.29 is 23.1 Å². The van der Waals surface area contributed by atoms with E-state index in [9.17, 15) is 9.18 Å². The van der Waals surface area contributed by atoms with Gasteiger partial charge in [-0.15, -0.1) is 10.2 Å². The number of benzene rings is 2. The first-order valence-corrected chi connectivity index (χ1v) is 11.5. The van der Waals surface area contributed by atoms with Gasteiger partial charge in [0.05, 0.1) is 20.0 Å². The minimum Gasteiger partial charge on any atom is -0.493 e. The van der Waals surface area contributed by atoms with Crippen molar-refractivity contribution in [3.05, 3.63) is 70.8 Å². The summed E-state index contributed by atoms with van der Waals surface area (Å²) in [5.41, 5.74) is 4.11. The van der Waals surface area contributed by atoms with Gasteiger partial charge in [0.2, 0.25) is 5.89 Å². The molecule has 0 N–H and O–H groups in total. The molecule has 2 aromatic heterocycles. The summed E-state index contributed by atoms with van der Waals surface area (Å²) in [6, 6.07) is 12.2. The van der Waals surface area contributed by atoms with E-state index < -0.39 is 0 Å². The van der Waals surface area contributed by atoms with Crippen molar-refractivity contribution in [2.24, 2.45) is 0 Å². The van der Waals surface area contributed by atoms with Gasteiger partial charge in [0, 0.05) is 28.2 Å². The Kier molecular flexibility index (Phi) is 6.74. The predicted octanol–water partition coefficient (Wildman–Crippen LogP) is 5.58. The average Bonchev–Trinajstić information content (AvgIpc) is 3.43. The van der Waals surface area contributed by atoms with Gasteiger partial charge in [-0.2, -0.15) is 0 Å². The van der Waals surface area contributed by atoms with E-state index >= 15 is 0 Å². The summed E-state index contributed by atoms with van der Waals surface area (Å²) >= 11 is 1.17. The first-order valence-electron chi connectivity index (χ1n) is 10.5. The maximum atomic E-state index is 14.1. The number of halogens is 1. The summed E-state index contributed by atoms with van der Waals surface area (Å²) in [7, 11) is 3.11. The summed E-state index contributed by atoms with van der Waals surface area (Å²) in [5.74, 6) is 1.22. The lowest BCUT2D eigenvalue weighted by Gasteiger charge is -2.11. The minimum atomic E-state index is -0.282. The van der Waals surface area contributed by atoms with Crippen LogP contribution in [0.5, 0.6) is 11.5 Å². The molecular formula is C25H24FN3O4S. The number of ether oxygens (including phenoxy) is 2. The summed E-state index contributed by atoms with van der Waals surface area (Å²) in [6.45, 7) is 5.46. The van der Waals surface area contributed by atoms with Crippen LogP contribution >= 0.6 is 11.8 Å². The fourth-order valence-electron chi connectivity index (χ4n) is 3.72. The van der Waals surface area contributed by atoms with Crippen molar-refractivity contribution >= 4 is 17.5 Å². The molecule has 0 aliphatic rings. The molecule has 4 rings (SSSR count). The molecule has 0 radical (unpaired) electrons. The van der Waals surface area contributed by atoms with E-state index in [0.717, 1.165) is 11.4 Å². The second-order valence-electron chi connectivity index (χ2n) is 7.71. The zero-order valence-corrected chi connectivity index (χ0v) is 20.3. The first kappa shape index (κ1) is 23.6. The van der Waals surface area contributed by atoms with Gasteiger partial charge in [0.15, 0.2) is 17.3 Å². The minimum absolute atomic E-state index is 0.0807. The van der Waals surface area contributed by atoms with E-state index in [4.69, 9.17) is 13.9 Å². The SMILES string of the molecule is COc1ccc(-c2nnc(SCC(=O)c3cc(C)n(-c4ccc(C)c(F)c4)c3C)o2)cc1OC. The fourth-order valence-corrected chi connectivity index (χ4v) is 4.37. The van der Waals surface area contributed by atoms with Crippen molar-refractivity contribution in [3.8, 4) is 28.6 Å². The Labute approximate surface area is 200 Å². The molecule has 0 aliphatic carbocycles. The molecule has 34 heavy (non-hydrogen) atoms. The van der Waals surface area contributed by atoms with Crippen molar-refractivity contribution in [2.45, 2.75) is 26.0 Å². The van der Waals surface area contributed by atoms with Crippen LogP contribution in [0, 0.1) is 26.6 Å². The lowest BCUT2D eigenvalue weighted by atomic mass is 10.2. The largest absolute Gasteiger partial charge is 0.493 e. The van der Waals surface area contributed by atoms with Crippen LogP contribution in [0.25, 0.3) is 17.1 Å². The summed E-state index contributed by atoms with van der Waals surface area (Å²) in [5, 5.41) is 8.40. The number of hydrogen-bond acceptors (Lipinski definition) is 7. The standard InChI is InChI=1S/C25H24FN3O4S/c1-14-6-8-18(12-20(14)26)29-15(2)10-19(16(29)3)21(30)13-34-25-28-27-24(33-25)17-7-9-22(31-4)23(11-17)32-5/h6-12H,13H2,1-5H3. The van der Waals surface area contributed by atoms with Gasteiger partial charge in [0.25, 0.3) is 5.22 Å². The maximum absolute atomic E-state index is 14.1. The smallest absolute Gasteiger partial charge is 0.277 e. The first-order chi connectivity index (χ1) is 16.3. The lowest BCUT2D eigenvalue weighted by Crippen LogP contribution is -2.06. The van der Waals surface area contributed by atoms with Crippen LogP contribution in [0.1, 0.15) is 27.3 Å². The number of rotatable bonds is 8. The van der Waals surface area contributed by atoms with Gasteiger partial charge in [-0.1, -0.05) is 17.8 Å². The Morgan fingerprint density at radius 1 is 1.03 bits per heavy atom. The van der Waals surface area contributed by atoms with Crippen LogP contribution in [0.4, 0.5) is 4.39 Å². The molecule has 4 aromatic rings. The molecule has 0 unspecified atom stereocenters. The highest BCUT2D eigenvalue weighted by molar-refractivity contribution is 7.99. The van der Waals surface area contributed by atoms with E-state index in [-0.39, 0.29) is 22.6 Å². The summed E-state index contributed by atoms with van der Waals surface area (Å²) in [6.07, 6.45) is 0. The van der Waals surface area contributed by atoms with Crippen LogP contribution in [0.2, 0.25) is 0 Å². The van der Waals surface area contributed by atoms with Crippen LogP contribution in [-0.4, -0.2) is 40.5 Å². The number of nitrogens with zero attached hydrogens (tertiary/aromatic N) is 3. The molecular weight excluding hydrogens is 457 g/mol. The number of carbonyl (C=O) groups is 1. The van der Waals surface area contributed by atoms with Crippen molar-refractivity contribution in [1.29, 1.82) is 0 Å². The third kappa shape index (κ3) is 4.56. The highest BCUT2D eigenvalue weighted by atomic mass is 32.2. The van der Waals surface area contributed by atoms with Crippen molar-refractivity contribution in [2.75, 3.05) is 20.0 Å². The number of aromatic nitrogens is 3. The molecule has 0 bridgehead atoms. The second-order valence-corrected chi connectivity index (χ2v) is 8.64. The third-order valence-corrected chi connectivity index (χ3v) is 6.33. The molecule has 176 valence electrons. The quantitative estimate of drug-likeness (QED) is 0.240. The molecule has 9 heteroatoms. The van der Waals surface area contributed by atoms with E-state index in [1.54, 1.807) is 45.4 Å². The van der Waals surface area contributed by atoms with Crippen molar-refractivity contribution in [1.82, 2.24) is 14.8 Å². The van der Waals surface area contributed by atoms with Gasteiger partial charge in [-0.25, -0.2) is 4.39 Å². The van der Waals surface area contributed by atoms with Gasteiger partial charge in [-0.3, -0.25) is 4.79 Å². The number of Topliss-reactive ketones (excluding diaryl/α,β-unsaturated/α-hetero) is 1. The van der Waals surface area contributed by atoms with E-state index in [1.165, 1.54) is 17.8 Å². The van der Waals surface area contributed by atoms with Gasteiger partial charge < -0.3 is 18.5 Å². The molecule has 0 fully saturated rings. The highest BCUT2D eigenvalue weighted by Gasteiger charge is 2.19. The Bertz CT molecular complexity index is 1360. The zero-order valence-electron chi connectivity index (χ0n) is 19.5. The fraction of sp³-hybridized carbons (Fsp3) is 0.240. The van der Waals surface area contributed by atoms with E-state index in [0.29, 0.717) is 39.8 Å². The summed E-state index contributed by atoms with van der Waals surface area (Å²) in [4.78, 5) is 13.0. The number of methoxy groups -OCH3 is 2. The van der Waals surface area contributed by atoms with Crippen LogP contribution in [-0.2, 0) is 0 Å². The number of aryl methyl sites for hydroxylation is 2. The molecule has 2 aromatic carbocycles. The molecule has 2 heterocycles. The van der Waals surface area contributed by atoms with Gasteiger partial charge >= 0.3 is 0 Å². The highest BCUT2D eigenvalue weighted by Crippen LogP contribution is 2.33. The van der Waals surface area contributed by atoms with E-state index in [1.807, 2.05) is 30.5 Å². The third-order valence-electron chi connectivity index (χ3n) is 5.51. The molecule has 0 spiro atoms. The van der Waals surface area contributed by atoms with Crippen LogP contribution in [0.15, 0.2) is 52.1 Å². The molecule has 0 amide bonds. The van der Waals surface area contributed by atoms with Crippen LogP contribution < -0.4 is 9.47 Å². The Morgan fingerprint density at radius 2 is 1.79 bits per heavy atom. The monoisotopic (exact) mass is 481 g/mol. The normalized spacial score (nSPS) is 11.0. The predicted molar refractivity (Wildman–Crippen MR) is 128 cm³/mol. The molecule has 0 atom stereocenters. The Balaban J connectivity index is 1.49. The van der Waals surface area contributed by atoms with Crippen molar-refractivity contribution in [3.63, 3.8) is 0 Å². The number of thioether (sulfide) groups is 1. The maximum Gasteiger partial charge on any atom is 0.277 e. The Morgan fingerprint density at radius 3 is 2.50 bits per heavy atom. The van der Waals surface area contributed by atoms with Gasteiger partial charge in [0.1, 0.15) is 5.82 Å². The van der Waals surface area contributed by atoms with Gasteiger partial charge in [-0.05, 0) is 62.7 Å². The molecule has 0 aliphatic heterocycles. The number of hydrogen-bond donors (Lipinski definition) is 0. The topological polar surface area (TPSA) is 79.4 Å². The summed E-state index contributed by atoms with van der Waals surface area (Å²) < 4.78 is 32.2.